The summed E-state index contributed by atoms with van der Waals surface area (Å²) in [4.78, 5) is 12.9. The van der Waals surface area contributed by atoms with Crippen LogP contribution in [0.25, 0.3) is 0 Å². The molecule has 0 radical (unpaired) electrons. The Labute approximate surface area is 190 Å². The third-order valence-corrected chi connectivity index (χ3v) is 8.87. The molecule has 1 aliphatic heterocycles. The Morgan fingerprint density at radius 1 is 0.969 bits per heavy atom. The number of anilines is 1. The van der Waals surface area contributed by atoms with Crippen molar-refractivity contribution in [2.75, 3.05) is 18.4 Å². The van der Waals surface area contributed by atoms with Crippen molar-refractivity contribution in [1.82, 2.24) is 9.03 Å². The third kappa shape index (κ3) is 5.55. The first-order valence-electron chi connectivity index (χ1n) is 10.6. The summed E-state index contributed by atoms with van der Waals surface area (Å²) in [6.45, 7) is 6.12. The predicted molar refractivity (Wildman–Crippen MR) is 124 cm³/mol. The molecule has 2 aromatic carbocycles. The van der Waals surface area contributed by atoms with E-state index in [1.54, 1.807) is 32.9 Å². The van der Waals surface area contributed by atoms with Gasteiger partial charge in [-0.15, -0.1) is 0 Å². The fourth-order valence-electron chi connectivity index (χ4n) is 3.59. The Morgan fingerprint density at radius 3 is 2.31 bits per heavy atom. The fraction of sp³-hybridized carbons (Fsp3) is 0.409. The maximum atomic E-state index is 13.1. The number of hydrogen-bond donors (Lipinski definition) is 2. The Bertz CT molecular complexity index is 1200. The van der Waals surface area contributed by atoms with Crippen LogP contribution < -0.4 is 10.0 Å². The number of rotatable bonds is 7. The van der Waals surface area contributed by atoms with Crippen molar-refractivity contribution in [3.05, 3.63) is 53.6 Å². The third-order valence-electron chi connectivity index (χ3n) is 5.18. The molecule has 0 aromatic heterocycles. The van der Waals surface area contributed by atoms with Crippen LogP contribution in [0.1, 0.15) is 49.0 Å². The van der Waals surface area contributed by atoms with Crippen molar-refractivity contribution < 1.29 is 21.6 Å². The van der Waals surface area contributed by atoms with Gasteiger partial charge in [0.25, 0.3) is 5.91 Å². The van der Waals surface area contributed by atoms with Gasteiger partial charge >= 0.3 is 0 Å². The summed E-state index contributed by atoms with van der Waals surface area (Å²) >= 11 is 0. The summed E-state index contributed by atoms with van der Waals surface area (Å²) in [6, 6.07) is 10.1. The van der Waals surface area contributed by atoms with Gasteiger partial charge in [0.1, 0.15) is 0 Å². The number of amides is 1. The first-order valence-corrected chi connectivity index (χ1v) is 13.5. The smallest absolute Gasteiger partial charge is 0.255 e. The molecule has 0 bridgehead atoms. The monoisotopic (exact) mass is 479 g/mol. The van der Waals surface area contributed by atoms with Crippen LogP contribution >= 0.6 is 0 Å². The normalized spacial score (nSPS) is 15.6. The molecule has 2 aromatic rings. The molecule has 0 aliphatic carbocycles. The molecular weight excluding hydrogens is 450 g/mol. The molecule has 174 valence electrons. The average molecular weight is 480 g/mol. The van der Waals surface area contributed by atoms with E-state index in [4.69, 9.17) is 0 Å². The second-order valence-corrected chi connectivity index (χ2v) is 11.8. The Morgan fingerprint density at radius 2 is 1.66 bits per heavy atom. The Balaban J connectivity index is 1.85. The van der Waals surface area contributed by atoms with Gasteiger partial charge in [-0.2, -0.15) is 4.31 Å². The van der Waals surface area contributed by atoms with Gasteiger partial charge in [-0.1, -0.05) is 18.6 Å². The van der Waals surface area contributed by atoms with Gasteiger partial charge in [0.2, 0.25) is 20.0 Å². The van der Waals surface area contributed by atoms with Gasteiger partial charge in [0.05, 0.1) is 9.79 Å². The van der Waals surface area contributed by atoms with Crippen molar-refractivity contribution in [3.8, 4) is 0 Å². The van der Waals surface area contributed by atoms with Crippen molar-refractivity contribution in [2.24, 2.45) is 0 Å². The van der Waals surface area contributed by atoms with E-state index in [2.05, 4.69) is 10.0 Å². The molecule has 2 N–H and O–H groups in total. The second kappa shape index (κ2) is 9.70. The lowest BCUT2D eigenvalue weighted by Crippen LogP contribution is -2.36. The minimum atomic E-state index is -3.75. The van der Waals surface area contributed by atoms with Crippen LogP contribution in [0.15, 0.2) is 52.3 Å². The fourth-order valence-corrected chi connectivity index (χ4v) is 6.65. The molecule has 3 rings (SSSR count). The molecule has 1 aliphatic rings. The predicted octanol–water partition coefficient (Wildman–Crippen LogP) is 3.11. The summed E-state index contributed by atoms with van der Waals surface area (Å²) in [5.41, 5.74) is 1.07. The highest BCUT2D eigenvalue weighted by atomic mass is 32.2. The Kier molecular flexibility index (Phi) is 7.39. The first-order chi connectivity index (χ1) is 15.0. The highest BCUT2D eigenvalue weighted by Crippen LogP contribution is 2.26. The minimum absolute atomic E-state index is 0.0175. The van der Waals surface area contributed by atoms with E-state index < -0.39 is 26.0 Å². The molecule has 1 amide bonds. The molecule has 0 saturated carbocycles. The first kappa shape index (κ1) is 24.4. The van der Waals surface area contributed by atoms with Crippen molar-refractivity contribution >= 4 is 31.6 Å². The van der Waals surface area contributed by atoms with Crippen LogP contribution in [0.2, 0.25) is 0 Å². The number of carbonyl (C=O) groups excluding carboxylic acids is 1. The van der Waals surface area contributed by atoms with E-state index in [1.165, 1.54) is 34.6 Å². The van der Waals surface area contributed by atoms with E-state index in [0.717, 1.165) is 19.3 Å². The van der Waals surface area contributed by atoms with Crippen LogP contribution in [0.3, 0.4) is 0 Å². The van der Waals surface area contributed by atoms with Crippen LogP contribution in [0, 0.1) is 6.92 Å². The molecule has 1 fully saturated rings. The molecule has 0 unspecified atom stereocenters. The zero-order valence-corrected chi connectivity index (χ0v) is 20.1. The molecular formula is C22H29N3O5S2. The van der Waals surface area contributed by atoms with E-state index in [1.807, 2.05) is 0 Å². The average Bonchev–Trinajstić information content (AvgIpc) is 2.75. The van der Waals surface area contributed by atoms with E-state index in [9.17, 15) is 21.6 Å². The lowest BCUT2D eigenvalue weighted by atomic mass is 10.2. The molecule has 0 atom stereocenters. The van der Waals surface area contributed by atoms with E-state index in [-0.39, 0.29) is 21.4 Å². The Hall–Kier alpha value is -2.27. The van der Waals surface area contributed by atoms with Gasteiger partial charge in [-0.05, 0) is 69.5 Å². The quantitative estimate of drug-likeness (QED) is 0.634. The number of carbonyl (C=O) groups is 1. The van der Waals surface area contributed by atoms with Crippen LogP contribution in [0.5, 0.6) is 0 Å². The molecule has 10 heteroatoms. The maximum Gasteiger partial charge on any atom is 0.255 e. The zero-order chi connectivity index (χ0) is 23.5. The van der Waals surface area contributed by atoms with Gasteiger partial charge in [0.15, 0.2) is 0 Å². The van der Waals surface area contributed by atoms with Gasteiger partial charge in [0, 0.05) is 30.4 Å². The maximum absolute atomic E-state index is 13.1. The SMILES string of the molecule is Cc1ccc(NC(=O)c2cccc(S(=O)(=O)NC(C)C)c2)cc1S(=O)(=O)N1CCCCC1. The minimum Gasteiger partial charge on any atom is -0.322 e. The number of aryl methyl sites for hydroxylation is 1. The number of piperidine rings is 1. The summed E-state index contributed by atoms with van der Waals surface area (Å²) in [5, 5.41) is 2.68. The van der Waals surface area contributed by atoms with Gasteiger partial charge < -0.3 is 5.32 Å². The highest BCUT2D eigenvalue weighted by Gasteiger charge is 2.27. The lowest BCUT2D eigenvalue weighted by molar-refractivity contribution is 0.102. The molecule has 1 saturated heterocycles. The van der Waals surface area contributed by atoms with Crippen LogP contribution in [-0.4, -0.2) is 46.2 Å². The van der Waals surface area contributed by atoms with Crippen molar-refractivity contribution in [3.63, 3.8) is 0 Å². The number of nitrogens with one attached hydrogen (secondary N) is 2. The largest absolute Gasteiger partial charge is 0.322 e. The zero-order valence-electron chi connectivity index (χ0n) is 18.5. The highest BCUT2D eigenvalue weighted by molar-refractivity contribution is 7.89. The summed E-state index contributed by atoms with van der Waals surface area (Å²) in [6.07, 6.45) is 2.68. The number of benzene rings is 2. The topological polar surface area (TPSA) is 113 Å². The van der Waals surface area contributed by atoms with E-state index >= 15 is 0 Å². The number of hydrogen-bond acceptors (Lipinski definition) is 5. The summed E-state index contributed by atoms with van der Waals surface area (Å²) in [5.74, 6) is -0.531. The van der Waals surface area contributed by atoms with Crippen molar-refractivity contribution in [1.29, 1.82) is 0 Å². The van der Waals surface area contributed by atoms with Gasteiger partial charge in [-0.3, -0.25) is 4.79 Å². The standard InChI is InChI=1S/C22H29N3O5S2/c1-16(2)24-31(27,28)20-9-7-8-18(14-20)22(26)23-19-11-10-17(3)21(15-19)32(29,30)25-12-5-4-6-13-25/h7-11,14-16,24H,4-6,12-13H2,1-3H3,(H,23,26). The second-order valence-electron chi connectivity index (χ2n) is 8.20. The van der Waals surface area contributed by atoms with Crippen LogP contribution in [-0.2, 0) is 20.0 Å². The molecule has 8 nitrogen and oxygen atoms in total. The van der Waals surface area contributed by atoms with Gasteiger partial charge in [-0.25, -0.2) is 21.6 Å². The summed E-state index contributed by atoms with van der Waals surface area (Å²) in [7, 11) is -7.41. The van der Waals surface area contributed by atoms with Crippen LogP contribution in [0.4, 0.5) is 5.69 Å². The summed E-state index contributed by atoms with van der Waals surface area (Å²) < 4.78 is 55.0. The number of sulfonamides is 2. The number of nitrogens with zero attached hydrogens (tertiary/aromatic N) is 1. The van der Waals surface area contributed by atoms with Crippen molar-refractivity contribution in [2.45, 2.75) is 55.9 Å². The molecule has 0 spiro atoms. The lowest BCUT2D eigenvalue weighted by Gasteiger charge is -2.26. The van der Waals surface area contributed by atoms with E-state index in [0.29, 0.717) is 24.3 Å². The molecule has 32 heavy (non-hydrogen) atoms. The molecule has 1 heterocycles.